The summed E-state index contributed by atoms with van der Waals surface area (Å²) in [5, 5.41) is 10.3. The van der Waals surface area contributed by atoms with Crippen LogP contribution in [-0.2, 0) is 9.53 Å². The number of rotatable bonds is 7. The normalized spacial score (nSPS) is 32.4. The molecule has 0 aromatic carbocycles. The summed E-state index contributed by atoms with van der Waals surface area (Å²) in [5.74, 6) is 0.159. The predicted octanol–water partition coefficient (Wildman–Crippen LogP) is 1.64. The van der Waals surface area contributed by atoms with Crippen LogP contribution in [0.3, 0.4) is 0 Å². The first-order chi connectivity index (χ1) is 15.0. The SMILES string of the molecule is CN=C(C(=O)O)C1C=CC=CC1COC1=CC=C(C2=C(Cl)CC(C3C[I-]3)C#[N+]2)CC1C. The first-order valence-electron chi connectivity index (χ1n) is 10.5. The zero-order valence-electron chi connectivity index (χ0n) is 17.6. The fourth-order valence-corrected chi connectivity index (χ4v) is 6.43. The summed E-state index contributed by atoms with van der Waals surface area (Å²) in [6.07, 6.45) is 13.4. The second-order valence-electron chi connectivity index (χ2n) is 8.18. The fourth-order valence-electron chi connectivity index (χ4n) is 4.16. The molecule has 5 unspecified atom stereocenters. The Bertz CT molecular complexity index is 1010. The van der Waals surface area contributed by atoms with Crippen molar-refractivity contribution in [1.82, 2.24) is 0 Å². The third-order valence-electron chi connectivity index (χ3n) is 6.00. The van der Waals surface area contributed by atoms with Gasteiger partial charge in [-0.1, -0.05) is 24.3 Å². The van der Waals surface area contributed by atoms with Crippen LogP contribution in [0.15, 0.2) is 63.5 Å². The Morgan fingerprint density at radius 1 is 1.35 bits per heavy atom. The Labute approximate surface area is 198 Å². The van der Waals surface area contributed by atoms with E-state index in [0.717, 1.165) is 38.8 Å². The fraction of sp³-hybridized carbons (Fsp3) is 0.458. The maximum absolute atomic E-state index is 11.5. The van der Waals surface area contributed by atoms with E-state index in [1.165, 1.54) is 11.5 Å². The average Bonchev–Trinajstić information content (AvgIpc) is 3.59. The number of carboxylic acid groups (broad SMARTS) is 1. The van der Waals surface area contributed by atoms with Gasteiger partial charge in [-0.15, -0.1) is 0 Å². The van der Waals surface area contributed by atoms with Crippen molar-refractivity contribution in [2.45, 2.75) is 23.7 Å². The number of allylic oxidation sites excluding steroid dienone is 8. The molecule has 1 saturated heterocycles. The van der Waals surface area contributed by atoms with E-state index < -0.39 is 5.97 Å². The molecule has 7 heteroatoms. The molecule has 4 rings (SSSR count). The van der Waals surface area contributed by atoms with Crippen LogP contribution in [-0.4, -0.2) is 38.8 Å². The minimum absolute atomic E-state index is 0.0739. The van der Waals surface area contributed by atoms with Crippen LogP contribution in [0, 0.1) is 29.7 Å². The van der Waals surface area contributed by atoms with E-state index in [9.17, 15) is 9.90 Å². The third-order valence-corrected chi connectivity index (χ3v) is 9.10. The van der Waals surface area contributed by atoms with Crippen molar-refractivity contribution in [3.63, 3.8) is 0 Å². The molecule has 0 spiro atoms. The molecule has 0 aromatic heterocycles. The Morgan fingerprint density at radius 2 is 2.13 bits per heavy atom. The van der Waals surface area contributed by atoms with Crippen LogP contribution in [0.2, 0.25) is 0 Å². The van der Waals surface area contributed by atoms with E-state index >= 15 is 0 Å². The van der Waals surface area contributed by atoms with Crippen molar-refractivity contribution < 1.29 is 35.8 Å². The number of alkyl halides is 2. The molecule has 0 saturated carbocycles. The van der Waals surface area contributed by atoms with Crippen molar-refractivity contribution in [3.8, 4) is 6.07 Å². The summed E-state index contributed by atoms with van der Waals surface area (Å²) < 4.78 is 8.35. The molecule has 31 heavy (non-hydrogen) atoms. The summed E-state index contributed by atoms with van der Waals surface area (Å²) >= 11 is 6.98. The van der Waals surface area contributed by atoms with E-state index in [1.54, 1.807) is 0 Å². The molecule has 5 atom stereocenters. The molecule has 1 fully saturated rings. The molecule has 0 radical (unpaired) electrons. The van der Waals surface area contributed by atoms with Gasteiger partial charge in [-0.3, -0.25) is 4.99 Å². The van der Waals surface area contributed by atoms with Gasteiger partial charge in [-0.05, 0) is 0 Å². The molecule has 2 heterocycles. The molecule has 0 amide bonds. The van der Waals surface area contributed by atoms with Gasteiger partial charge in [0.15, 0.2) is 0 Å². The number of hydrogen-bond donors (Lipinski definition) is 1. The van der Waals surface area contributed by atoms with Crippen molar-refractivity contribution >= 4 is 23.3 Å². The van der Waals surface area contributed by atoms with E-state index in [-0.39, 0.29) is 23.5 Å². The molecule has 2 aliphatic heterocycles. The number of carbonyl (C=O) groups is 1. The predicted molar refractivity (Wildman–Crippen MR) is 119 cm³/mol. The topological polar surface area (TPSA) is 63.2 Å². The zero-order chi connectivity index (χ0) is 22.0. The number of ether oxygens (including phenoxy) is 1. The Balaban J connectivity index is 1.43. The standard InChI is InChI=1S/C24H26ClIN2O3/c1-14-9-15(22-19(25)10-17(12-28-22)20-11-26-20)7-8-21(14)31-13-16-5-3-4-6-18(16)23(27-2)24(29)30/h3-8,14,16-18,20H,9-11,13H2,1-2H3,(H,29,30). The van der Waals surface area contributed by atoms with Gasteiger partial charge < -0.3 is 5.11 Å². The van der Waals surface area contributed by atoms with E-state index in [2.05, 4.69) is 22.8 Å². The summed E-state index contributed by atoms with van der Waals surface area (Å²) in [4.78, 5) is 20.1. The number of carboxylic acids is 1. The van der Waals surface area contributed by atoms with Crippen LogP contribution < -0.4 is 21.2 Å². The van der Waals surface area contributed by atoms with Gasteiger partial charge in [0, 0.05) is 13.0 Å². The second-order valence-corrected chi connectivity index (χ2v) is 12.0. The van der Waals surface area contributed by atoms with Gasteiger partial charge in [0.25, 0.3) is 0 Å². The Kier molecular flexibility index (Phi) is 7.02. The molecule has 5 nitrogen and oxygen atoms in total. The van der Waals surface area contributed by atoms with Gasteiger partial charge in [0.2, 0.25) is 0 Å². The maximum atomic E-state index is 11.5. The summed E-state index contributed by atoms with van der Waals surface area (Å²) in [6.45, 7) is 2.53. The van der Waals surface area contributed by atoms with Gasteiger partial charge in [0.1, 0.15) is 5.71 Å². The first-order valence-corrected chi connectivity index (χ1v) is 13.6. The van der Waals surface area contributed by atoms with Crippen LogP contribution in [0.4, 0.5) is 0 Å². The van der Waals surface area contributed by atoms with Crippen molar-refractivity contribution in [1.29, 1.82) is 0 Å². The van der Waals surface area contributed by atoms with Crippen molar-refractivity contribution in [2.24, 2.45) is 28.7 Å². The molecular weight excluding hydrogens is 527 g/mol. The van der Waals surface area contributed by atoms with Crippen LogP contribution in [0.25, 0.3) is 4.85 Å². The summed E-state index contributed by atoms with van der Waals surface area (Å²) in [7, 11) is 1.52. The first kappa shape index (κ1) is 22.3. The average molecular weight is 553 g/mol. The third kappa shape index (κ3) is 5.15. The minimum atomic E-state index is -0.990. The Hall–Kier alpha value is -1.85. The Morgan fingerprint density at radius 3 is 2.77 bits per heavy atom. The van der Waals surface area contributed by atoms with Crippen LogP contribution in [0.1, 0.15) is 19.8 Å². The van der Waals surface area contributed by atoms with Gasteiger partial charge in [-0.25, -0.2) is 4.79 Å². The number of aliphatic imine (C=N–C) groups is 1. The van der Waals surface area contributed by atoms with Gasteiger partial charge in [0.05, 0.1) is 0 Å². The molecule has 1 N–H and O–H groups in total. The van der Waals surface area contributed by atoms with Crippen molar-refractivity contribution in [3.05, 3.63) is 63.4 Å². The molecule has 2 aliphatic carbocycles. The molecular formula is C24H26ClIN2O3. The van der Waals surface area contributed by atoms with Gasteiger partial charge >= 0.3 is 141 Å². The van der Waals surface area contributed by atoms with Crippen LogP contribution in [0.5, 0.6) is 0 Å². The zero-order valence-corrected chi connectivity index (χ0v) is 20.5. The number of halogens is 2. The summed E-state index contributed by atoms with van der Waals surface area (Å²) in [5.41, 5.74) is 2.16. The van der Waals surface area contributed by atoms with E-state index in [1.807, 2.05) is 36.5 Å². The molecule has 0 aromatic rings. The summed E-state index contributed by atoms with van der Waals surface area (Å²) in [6, 6.07) is 3.33. The number of hydrogen-bond acceptors (Lipinski definition) is 3. The molecule has 4 aliphatic rings. The van der Waals surface area contributed by atoms with E-state index in [0.29, 0.717) is 33.7 Å². The quantitative estimate of drug-likeness (QED) is 0.297. The van der Waals surface area contributed by atoms with Crippen LogP contribution >= 0.6 is 11.6 Å². The number of aliphatic carboxylic acids is 1. The van der Waals surface area contributed by atoms with Gasteiger partial charge in [-0.2, -0.15) is 0 Å². The molecule has 164 valence electrons. The second kappa shape index (κ2) is 9.74. The molecule has 0 bridgehead atoms. The number of nitrogens with zero attached hydrogens (tertiary/aromatic N) is 2. The van der Waals surface area contributed by atoms with E-state index in [4.69, 9.17) is 16.3 Å². The van der Waals surface area contributed by atoms with Crippen molar-refractivity contribution in [2.75, 3.05) is 18.1 Å². The monoisotopic (exact) mass is 552 g/mol.